The maximum Gasteiger partial charge on any atom is 0.496 e. The number of rotatable bonds is 1. The summed E-state index contributed by atoms with van der Waals surface area (Å²) in [7, 11) is -0.401. The molecule has 1 saturated heterocycles. The number of H-pyrrole nitrogens is 1. The summed E-state index contributed by atoms with van der Waals surface area (Å²) >= 11 is 0. The molecule has 6 heteroatoms. The van der Waals surface area contributed by atoms with Crippen LogP contribution in [0.4, 0.5) is 0 Å². The highest BCUT2D eigenvalue weighted by molar-refractivity contribution is 6.62. The van der Waals surface area contributed by atoms with Gasteiger partial charge in [0.1, 0.15) is 5.49 Å². The minimum atomic E-state index is -0.401. The van der Waals surface area contributed by atoms with Crippen LogP contribution in [0.2, 0.25) is 0 Å². The van der Waals surface area contributed by atoms with Crippen LogP contribution in [0, 0.1) is 11.5 Å². The Morgan fingerprint density at radius 3 is 2.28 bits per heavy atom. The van der Waals surface area contributed by atoms with Crippen LogP contribution in [-0.2, 0) is 9.31 Å². The first kappa shape index (κ1) is 12.9. The summed E-state index contributed by atoms with van der Waals surface area (Å²) in [5, 5.41) is 8.45. The lowest BCUT2D eigenvalue weighted by molar-refractivity contribution is 0.00578. The van der Waals surface area contributed by atoms with Gasteiger partial charge in [-0.25, -0.2) is 0 Å². The topological polar surface area (TPSA) is 70.4 Å². The summed E-state index contributed by atoms with van der Waals surface area (Å²) in [4.78, 5) is 6.52. The summed E-state index contributed by atoms with van der Waals surface area (Å²) in [6.45, 7) is 8.04. The van der Waals surface area contributed by atoms with E-state index in [2.05, 4.69) is 9.98 Å². The van der Waals surface area contributed by atoms with E-state index in [0.29, 0.717) is 5.49 Å². The van der Waals surface area contributed by atoms with Crippen LogP contribution in [-0.4, -0.2) is 23.3 Å². The van der Waals surface area contributed by atoms with Gasteiger partial charge in [0.05, 0.1) is 11.2 Å². The summed E-state index contributed by atoms with van der Waals surface area (Å²) in [5.41, 5.74) is 0.684. The number of nitrogens with zero attached hydrogens (tertiary/aromatic N) is 2. The molecule has 1 aliphatic rings. The first-order valence-corrected chi connectivity index (χ1v) is 5.83. The summed E-state index contributed by atoms with van der Waals surface area (Å²) in [6, 6.07) is 3.57. The third kappa shape index (κ3) is 2.19. The lowest BCUT2D eigenvalue weighted by Gasteiger charge is -2.32. The average Bonchev–Trinajstić information content (AvgIpc) is 2.50. The van der Waals surface area contributed by atoms with E-state index in [1.165, 1.54) is 0 Å². The number of hydrogen-bond acceptors (Lipinski definition) is 4. The first-order valence-electron chi connectivity index (χ1n) is 5.83. The molecule has 2 heterocycles. The van der Waals surface area contributed by atoms with Crippen LogP contribution in [0.15, 0.2) is 23.3 Å². The molecular weight excluding hydrogens is 229 g/mol. The van der Waals surface area contributed by atoms with E-state index in [9.17, 15) is 0 Å². The first-order chi connectivity index (χ1) is 8.36. The molecule has 1 N–H and O–H groups in total. The quantitative estimate of drug-likeness (QED) is 0.584. The molecule has 0 aromatic carbocycles. The third-order valence-corrected chi connectivity index (χ3v) is 3.52. The molecule has 0 aliphatic carbocycles. The number of pyridine rings is 1. The lowest BCUT2D eigenvalue weighted by Crippen LogP contribution is -2.41. The molecule has 0 radical (unpaired) electrons. The van der Waals surface area contributed by atoms with Crippen LogP contribution in [0.25, 0.3) is 0 Å². The Morgan fingerprint density at radius 1 is 1.22 bits per heavy atom. The normalized spacial score (nSPS) is 21.9. The molecule has 5 nitrogen and oxygen atoms in total. The largest absolute Gasteiger partial charge is 0.496 e. The van der Waals surface area contributed by atoms with Gasteiger partial charge >= 0.3 is 7.12 Å². The summed E-state index contributed by atoms with van der Waals surface area (Å²) in [6.07, 6.45) is 3.48. The van der Waals surface area contributed by atoms with Crippen molar-refractivity contribution < 1.29 is 9.31 Å². The molecule has 1 aromatic rings. The number of nitrogens with one attached hydrogen (secondary N) is 1. The second kappa shape index (κ2) is 4.27. The Morgan fingerprint density at radius 2 is 1.83 bits per heavy atom. The van der Waals surface area contributed by atoms with Gasteiger partial charge in [-0.2, -0.15) is 10.3 Å². The molecule has 0 amide bonds. The zero-order valence-corrected chi connectivity index (χ0v) is 11.0. The Hall–Kier alpha value is -1.58. The maximum absolute atomic E-state index is 8.45. The van der Waals surface area contributed by atoms with Crippen molar-refractivity contribution >= 4 is 12.6 Å². The highest BCUT2D eigenvalue weighted by atomic mass is 16.7. The van der Waals surface area contributed by atoms with Gasteiger partial charge in [-0.3, -0.25) is 0 Å². The van der Waals surface area contributed by atoms with Gasteiger partial charge in [0.15, 0.2) is 0 Å². The highest BCUT2D eigenvalue weighted by Gasteiger charge is 2.51. The Bertz CT molecular complexity index is 521. The fourth-order valence-corrected chi connectivity index (χ4v) is 1.68. The van der Waals surface area contributed by atoms with Crippen LogP contribution >= 0.6 is 0 Å². The zero-order chi connectivity index (χ0) is 13.4. The van der Waals surface area contributed by atoms with Crippen LogP contribution in [0.3, 0.4) is 0 Å². The van der Waals surface area contributed by atoms with E-state index in [1.807, 2.05) is 33.8 Å². The average molecular weight is 245 g/mol. The van der Waals surface area contributed by atoms with E-state index < -0.39 is 7.12 Å². The van der Waals surface area contributed by atoms with E-state index >= 15 is 0 Å². The van der Waals surface area contributed by atoms with Crippen LogP contribution < -0.4 is 11.0 Å². The molecule has 1 aliphatic heterocycles. The van der Waals surface area contributed by atoms with Gasteiger partial charge < -0.3 is 14.3 Å². The number of aromatic nitrogens is 1. The van der Waals surface area contributed by atoms with Gasteiger partial charge in [0.25, 0.3) is 0 Å². The van der Waals surface area contributed by atoms with Crippen molar-refractivity contribution in [2.75, 3.05) is 0 Å². The van der Waals surface area contributed by atoms with E-state index in [4.69, 9.17) is 14.6 Å². The van der Waals surface area contributed by atoms with Gasteiger partial charge in [0.2, 0.25) is 6.19 Å². The van der Waals surface area contributed by atoms with Gasteiger partial charge in [-0.05, 0) is 39.2 Å². The molecule has 94 valence electrons. The molecule has 0 unspecified atom stereocenters. The predicted molar refractivity (Wildman–Crippen MR) is 67.7 cm³/mol. The molecule has 0 spiro atoms. The summed E-state index contributed by atoms with van der Waals surface area (Å²) in [5.74, 6) is 0. The van der Waals surface area contributed by atoms with Crippen molar-refractivity contribution in [3.8, 4) is 6.19 Å². The molecule has 1 aromatic heterocycles. The third-order valence-electron chi connectivity index (χ3n) is 3.52. The molecular formula is C12H16BN3O2. The van der Waals surface area contributed by atoms with Gasteiger partial charge in [-0.15, -0.1) is 0 Å². The van der Waals surface area contributed by atoms with Gasteiger partial charge in [0, 0.05) is 6.20 Å². The highest BCUT2D eigenvalue weighted by Crippen LogP contribution is 2.36. The van der Waals surface area contributed by atoms with Crippen molar-refractivity contribution in [3.05, 3.63) is 23.8 Å². The van der Waals surface area contributed by atoms with Crippen molar-refractivity contribution in [1.82, 2.24) is 4.98 Å². The van der Waals surface area contributed by atoms with Crippen molar-refractivity contribution in [3.63, 3.8) is 0 Å². The monoisotopic (exact) mass is 245 g/mol. The van der Waals surface area contributed by atoms with E-state index in [0.717, 1.165) is 5.46 Å². The molecule has 0 saturated carbocycles. The van der Waals surface area contributed by atoms with Crippen LogP contribution in [0.5, 0.6) is 0 Å². The predicted octanol–water partition coefficient (Wildman–Crippen LogP) is 0.696. The van der Waals surface area contributed by atoms with E-state index in [1.54, 1.807) is 18.5 Å². The molecule has 2 rings (SSSR count). The van der Waals surface area contributed by atoms with Crippen molar-refractivity contribution in [1.29, 1.82) is 5.26 Å². The number of nitriles is 1. The minimum absolute atomic E-state index is 0.354. The maximum atomic E-state index is 8.45. The van der Waals surface area contributed by atoms with E-state index in [-0.39, 0.29) is 11.2 Å². The van der Waals surface area contributed by atoms with Crippen molar-refractivity contribution in [2.45, 2.75) is 38.9 Å². The van der Waals surface area contributed by atoms with Gasteiger partial charge in [-0.1, -0.05) is 6.07 Å². The molecule has 18 heavy (non-hydrogen) atoms. The Kier molecular flexibility index (Phi) is 3.05. The fourth-order valence-electron chi connectivity index (χ4n) is 1.68. The van der Waals surface area contributed by atoms with Crippen molar-refractivity contribution in [2.24, 2.45) is 4.99 Å². The Labute approximate surface area is 107 Å². The fraction of sp³-hybridized carbons (Fsp3) is 0.500. The van der Waals surface area contributed by atoms with Crippen LogP contribution in [0.1, 0.15) is 27.7 Å². The molecule has 0 atom stereocenters. The smallest absolute Gasteiger partial charge is 0.399 e. The SMILES string of the molecule is CC1(C)OB(c2cc/c(=N/C#N)[nH]c2)OC1(C)C. The number of hydrogen-bond donors (Lipinski definition) is 1. The second-order valence-corrected chi connectivity index (χ2v) is 5.31. The summed E-state index contributed by atoms with van der Waals surface area (Å²) < 4.78 is 11.8. The lowest BCUT2D eigenvalue weighted by atomic mass is 9.80. The zero-order valence-electron chi connectivity index (χ0n) is 11.0. The Balaban J connectivity index is 2.25. The standard InChI is InChI=1S/C12H16BN3O2/c1-11(2)12(3,4)18-13(17-11)9-5-6-10(15-7-9)16-8-14/h5-7H,1-4H3,(H,15,16). The second-order valence-electron chi connectivity index (χ2n) is 5.31. The molecule has 0 bridgehead atoms. The minimum Gasteiger partial charge on any atom is -0.399 e. The molecule has 1 fully saturated rings. The number of aromatic amines is 1.